The third kappa shape index (κ3) is 9.88. The predicted molar refractivity (Wildman–Crippen MR) is 261 cm³/mol. The van der Waals surface area contributed by atoms with Crippen LogP contribution in [0.25, 0.3) is 36.5 Å². The van der Waals surface area contributed by atoms with Gasteiger partial charge in [-0.25, -0.2) is 0 Å². The van der Waals surface area contributed by atoms with Gasteiger partial charge >= 0.3 is 0 Å². The molecule has 0 amide bonds. The zero-order chi connectivity index (χ0) is 40.9. The first-order valence-corrected chi connectivity index (χ1v) is 20.5. The van der Waals surface area contributed by atoms with Gasteiger partial charge in [0, 0.05) is 28.3 Å². The van der Waals surface area contributed by atoms with Gasteiger partial charge in [-0.3, -0.25) is 0 Å². The number of nitrogens with zero attached hydrogens (tertiary/aromatic N) is 2. The highest BCUT2D eigenvalue weighted by Gasteiger charge is 2.24. The Labute approximate surface area is 355 Å². The summed E-state index contributed by atoms with van der Waals surface area (Å²) >= 11 is 0. The van der Waals surface area contributed by atoms with Crippen LogP contribution in [-0.4, -0.2) is 0 Å². The molecule has 0 fully saturated rings. The summed E-state index contributed by atoms with van der Waals surface area (Å²) in [6.07, 6.45) is 17.3. The fourth-order valence-electron chi connectivity index (χ4n) is 7.20. The molecule has 0 atom stereocenters. The number of hydrogen-bond donors (Lipinski definition) is 0. The minimum Gasteiger partial charge on any atom is -0.308 e. The Morgan fingerprint density at radius 2 is 0.633 bits per heavy atom. The summed E-state index contributed by atoms with van der Waals surface area (Å²) in [5, 5.41) is 0. The molecular weight excluding hydrogens is 725 g/mol. The summed E-state index contributed by atoms with van der Waals surface area (Å²) in [6.45, 7) is 4.28. The lowest BCUT2D eigenvalue weighted by Crippen LogP contribution is -2.18. The van der Waals surface area contributed by atoms with Gasteiger partial charge in [-0.2, -0.15) is 0 Å². The van der Waals surface area contributed by atoms with Crippen LogP contribution in [0.2, 0.25) is 0 Å². The minimum atomic E-state index is 1.05. The molecule has 8 aromatic carbocycles. The number of rotatable bonds is 13. The third-order valence-electron chi connectivity index (χ3n) is 10.4. The van der Waals surface area contributed by atoms with Crippen LogP contribution in [0.1, 0.15) is 44.5 Å². The molecule has 8 rings (SSSR count). The quantitative estimate of drug-likeness (QED) is 0.0851. The summed E-state index contributed by atoms with van der Waals surface area (Å²) < 4.78 is 0. The Balaban J connectivity index is 1.29. The zero-order valence-corrected chi connectivity index (χ0v) is 34.1. The second-order valence-electron chi connectivity index (χ2n) is 14.9. The van der Waals surface area contributed by atoms with Crippen LogP contribution in [0.3, 0.4) is 0 Å². The molecule has 0 saturated carbocycles. The van der Waals surface area contributed by atoms with Crippen molar-refractivity contribution in [2.24, 2.45) is 0 Å². The molecule has 0 aromatic heterocycles. The average Bonchev–Trinajstić information content (AvgIpc) is 3.30. The van der Waals surface area contributed by atoms with Crippen molar-refractivity contribution < 1.29 is 0 Å². The third-order valence-corrected chi connectivity index (χ3v) is 10.4. The van der Waals surface area contributed by atoms with E-state index in [1.807, 2.05) is 18.2 Å². The average molecular weight is 773 g/mol. The molecule has 0 N–H and O–H groups in total. The highest BCUT2D eigenvalue weighted by atomic mass is 15.2. The van der Waals surface area contributed by atoms with Crippen molar-refractivity contribution in [3.63, 3.8) is 0 Å². The van der Waals surface area contributed by atoms with E-state index in [2.05, 4.69) is 260 Å². The van der Waals surface area contributed by atoms with Crippen molar-refractivity contribution in [1.29, 1.82) is 0 Å². The van der Waals surface area contributed by atoms with Crippen molar-refractivity contribution >= 4 is 70.6 Å². The Morgan fingerprint density at radius 1 is 0.283 bits per heavy atom. The van der Waals surface area contributed by atoms with E-state index in [-0.39, 0.29) is 0 Å². The molecule has 0 aliphatic rings. The van der Waals surface area contributed by atoms with Gasteiger partial charge in [-0.05, 0) is 96.3 Å². The first-order valence-electron chi connectivity index (χ1n) is 20.5. The Morgan fingerprint density at radius 3 is 1.07 bits per heavy atom. The molecule has 0 aliphatic heterocycles. The summed E-state index contributed by atoms with van der Waals surface area (Å²) in [5.74, 6) is 0. The second kappa shape index (κ2) is 19.2. The van der Waals surface area contributed by atoms with Gasteiger partial charge in [0.15, 0.2) is 0 Å². The fraction of sp³-hybridized carbons (Fsp3) is 0.0345. The molecule has 0 aliphatic carbocycles. The monoisotopic (exact) mass is 772 g/mol. The van der Waals surface area contributed by atoms with Crippen LogP contribution in [0.5, 0.6) is 0 Å². The van der Waals surface area contributed by atoms with Gasteiger partial charge in [0.25, 0.3) is 0 Å². The number of allylic oxidation sites excluding steroid dienone is 2. The standard InChI is InChI=1S/C58H48N2/c1-45-25-37-53(38-26-45)59(54-41-33-50(34-42-54)31-29-48-17-8-4-9-18-48)57-24-14-23-52(22-13-12-21-47-15-6-3-7-16-47)58(57)60(55-39-27-46(2)28-40-55)56-43-35-51(36-44-56)32-30-49-19-10-5-11-20-49/h3-44H,1-2H3/b21-12+,22-13+,31-29+,32-30+. The molecule has 0 bridgehead atoms. The van der Waals surface area contributed by atoms with Gasteiger partial charge < -0.3 is 9.80 Å². The molecule has 0 spiro atoms. The lowest BCUT2D eigenvalue weighted by Gasteiger charge is -2.34. The van der Waals surface area contributed by atoms with E-state index in [4.69, 9.17) is 0 Å². The molecule has 2 nitrogen and oxygen atoms in total. The summed E-state index contributed by atoms with van der Waals surface area (Å²) in [6, 6.07) is 73.3. The van der Waals surface area contributed by atoms with Gasteiger partial charge in [0.2, 0.25) is 0 Å². The van der Waals surface area contributed by atoms with Crippen LogP contribution in [0.4, 0.5) is 34.1 Å². The molecular formula is C58H48N2. The largest absolute Gasteiger partial charge is 0.308 e. The maximum atomic E-state index is 2.40. The number of benzene rings is 8. The maximum Gasteiger partial charge on any atom is 0.0775 e. The summed E-state index contributed by atoms with van der Waals surface area (Å²) in [7, 11) is 0. The zero-order valence-electron chi connectivity index (χ0n) is 34.1. The molecule has 8 aromatic rings. The molecule has 0 radical (unpaired) electrons. The smallest absolute Gasteiger partial charge is 0.0775 e. The van der Waals surface area contributed by atoms with E-state index < -0.39 is 0 Å². The maximum absolute atomic E-state index is 2.40. The molecule has 0 unspecified atom stereocenters. The van der Waals surface area contributed by atoms with Gasteiger partial charge in [0.1, 0.15) is 0 Å². The van der Waals surface area contributed by atoms with Crippen molar-refractivity contribution in [2.75, 3.05) is 9.80 Å². The van der Waals surface area contributed by atoms with Crippen molar-refractivity contribution in [3.8, 4) is 0 Å². The van der Waals surface area contributed by atoms with Gasteiger partial charge in [-0.15, -0.1) is 0 Å². The van der Waals surface area contributed by atoms with E-state index in [1.54, 1.807) is 0 Å². The highest BCUT2D eigenvalue weighted by Crippen LogP contribution is 2.48. The van der Waals surface area contributed by atoms with Crippen LogP contribution in [0, 0.1) is 13.8 Å². The molecule has 0 saturated heterocycles. The topological polar surface area (TPSA) is 6.48 Å². The van der Waals surface area contributed by atoms with E-state index in [0.29, 0.717) is 0 Å². The predicted octanol–water partition coefficient (Wildman–Crippen LogP) is 16.3. The molecule has 0 heterocycles. The Hall–Kier alpha value is -7.68. The lowest BCUT2D eigenvalue weighted by atomic mass is 10.0. The van der Waals surface area contributed by atoms with Gasteiger partial charge in [0.05, 0.1) is 11.4 Å². The normalized spacial score (nSPS) is 11.6. The molecule has 290 valence electrons. The Kier molecular flexibility index (Phi) is 12.5. The fourth-order valence-corrected chi connectivity index (χ4v) is 7.20. The van der Waals surface area contributed by atoms with Crippen molar-refractivity contribution in [1.82, 2.24) is 0 Å². The van der Waals surface area contributed by atoms with Crippen molar-refractivity contribution in [2.45, 2.75) is 13.8 Å². The molecule has 60 heavy (non-hydrogen) atoms. The van der Waals surface area contributed by atoms with E-state index >= 15 is 0 Å². The first-order chi connectivity index (χ1) is 29.6. The van der Waals surface area contributed by atoms with Crippen LogP contribution < -0.4 is 9.80 Å². The summed E-state index contributed by atoms with van der Waals surface area (Å²) in [4.78, 5) is 4.78. The van der Waals surface area contributed by atoms with Gasteiger partial charge in [-0.1, -0.05) is 211 Å². The Bertz CT molecular complexity index is 2710. The minimum absolute atomic E-state index is 1.05. The lowest BCUT2D eigenvalue weighted by molar-refractivity contribution is 1.21. The number of hydrogen-bond acceptors (Lipinski definition) is 2. The van der Waals surface area contributed by atoms with E-state index in [1.165, 1.54) is 22.3 Å². The van der Waals surface area contributed by atoms with Crippen molar-refractivity contribution in [3.05, 3.63) is 263 Å². The first kappa shape index (κ1) is 39.2. The van der Waals surface area contributed by atoms with Crippen LogP contribution in [-0.2, 0) is 0 Å². The second-order valence-corrected chi connectivity index (χ2v) is 14.9. The SMILES string of the molecule is Cc1ccc(N(c2ccc(/C=C/c3ccccc3)cc2)c2cccc(/C=C/C=C/c3ccccc3)c2N(c2ccc(C)cc2)c2ccc(/C=C/c3ccccc3)cc2)cc1. The highest BCUT2D eigenvalue weighted by molar-refractivity contribution is 5.96. The number of para-hydroxylation sites is 1. The van der Waals surface area contributed by atoms with E-state index in [0.717, 1.165) is 56.4 Å². The van der Waals surface area contributed by atoms with Crippen LogP contribution in [0.15, 0.2) is 218 Å². The molecule has 2 heteroatoms. The number of anilines is 6. The van der Waals surface area contributed by atoms with E-state index in [9.17, 15) is 0 Å². The summed E-state index contributed by atoms with van der Waals surface area (Å²) in [5.41, 5.74) is 15.7. The van der Waals surface area contributed by atoms with Crippen LogP contribution >= 0.6 is 0 Å². The number of aryl methyl sites for hydroxylation is 2.